The topological polar surface area (TPSA) is 94.0 Å². The Bertz CT molecular complexity index is 1010. The van der Waals surface area contributed by atoms with Gasteiger partial charge in [0.1, 0.15) is 11.6 Å². The molecule has 0 saturated heterocycles. The molecule has 2 N–H and O–H groups in total. The first-order valence-electron chi connectivity index (χ1n) is 9.65. The second-order valence-electron chi connectivity index (χ2n) is 6.78. The van der Waals surface area contributed by atoms with Crippen molar-refractivity contribution >= 4 is 34.5 Å². The van der Waals surface area contributed by atoms with Crippen molar-refractivity contribution < 1.29 is 13.9 Å². The summed E-state index contributed by atoms with van der Waals surface area (Å²) >= 11 is 1.56. The van der Waals surface area contributed by atoms with Crippen LogP contribution in [0.5, 0.6) is 0 Å². The standard InChI is InChI=1S/C20H25FN6O2S/c1-13(2)30-20-25-17(22-9-11-29-3)15-12-24-27(18(15)26-20)10-8-23-19(28)14-6-4-5-7-16(14)21/h4-7,12-13H,8-11H2,1-3H3,(H,23,28)(H,22,25,26). The number of benzene rings is 1. The van der Waals surface area contributed by atoms with Gasteiger partial charge in [0.15, 0.2) is 10.8 Å². The fraction of sp³-hybridized carbons (Fsp3) is 0.400. The molecular weight excluding hydrogens is 407 g/mol. The minimum Gasteiger partial charge on any atom is -0.383 e. The Labute approximate surface area is 178 Å². The van der Waals surface area contributed by atoms with Gasteiger partial charge in [0.25, 0.3) is 5.91 Å². The zero-order chi connectivity index (χ0) is 21.5. The average Bonchev–Trinajstić information content (AvgIpc) is 3.11. The number of anilines is 1. The summed E-state index contributed by atoms with van der Waals surface area (Å²) in [5.74, 6) is -0.312. The van der Waals surface area contributed by atoms with Gasteiger partial charge in [-0.05, 0) is 12.1 Å². The molecule has 3 rings (SSSR count). The van der Waals surface area contributed by atoms with E-state index < -0.39 is 11.7 Å². The van der Waals surface area contributed by atoms with Gasteiger partial charge in [0, 0.05) is 25.4 Å². The van der Waals surface area contributed by atoms with Gasteiger partial charge in [0.2, 0.25) is 0 Å². The minimum absolute atomic E-state index is 0.0189. The number of rotatable bonds is 10. The van der Waals surface area contributed by atoms with E-state index in [4.69, 9.17) is 4.74 Å². The number of aromatic nitrogens is 4. The molecule has 10 heteroatoms. The highest BCUT2D eigenvalue weighted by atomic mass is 32.2. The molecule has 2 heterocycles. The predicted molar refractivity (Wildman–Crippen MR) is 115 cm³/mol. The summed E-state index contributed by atoms with van der Waals surface area (Å²) in [7, 11) is 1.64. The molecule has 0 unspecified atom stereocenters. The average molecular weight is 433 g/mol. The molecule has 3 aromatic rings. The first kappa shape index (κ1) is 22.0. The molecule has 0 saturated carbocycles. The first-order chi connectivity index (χ1) is 14.5. The second kappa shape index (κ2) is 10.4. The lowest BCUT2D eigenvalue weighted by Crippen LogP contribution is -2.28. The van der Waals surface area contributed by atoms with E-state index in [0.29, 0.717) is 41.6 Å². The number of ether oxygens (including phenoxy) is 1. The third kappa shape index (κ3) is 5.45. The van der Waals surface area contributed by atoms with Crippen molar-refractivity contribution in [2.75, 3.05) is 32.1 Å². The second-order valence-corrected chi connectivity index (χ2v) is 8.33. The van der Waals surface area contributed by atoms with E-state index in [9.17, 15) is 9.18 Å². The summed E-state index contributed by atoms with van der Waals surface area (Å²) in [5.41, 5.74) is 0.693. The van der Waals surface area contributed by atoms with Crippen LogP contribution in [-0.2, 0) is 11.3 Å². The van der Waals surface area contributed by atoms with Gasteiger partial charge in [-0.1, -0.05) is 37.7 Å². The van der Waals surface area contributed by atoms with Gasteiger partial charge in [-0.15, -0.1) is 0 Å². The monoisotopic (exact) mass is 432 g/mol. The molecule has 2 aromatic heterocycles. The van der Waals surface area contributed by atoms with E-state index in [0.717, 1.165) is 5.39 Å². The van der Waals surface area contributed by atoms with E-state index in [1.807, 2.05) is 0 Å². The third-order valence-electron chi connectivity index (χ3n) is 4.14. The van der Waals surface area contributed by atoms with Gasteiger partial charge < -0.3 is 15.4 Å². The van der Waals surface area contributed by atoms with E-state index in [1.165, 1.54) is 12.1 Å². The van der Waals surface area contributed by atoms with Crippen LogP contribution in [0.2, 0.25) is 0 Å². The molecule has 160 valence electrons. The van der Waals surface area contributed by atoms with Crippen molar-refractivity contribution in [3.8, 4) is 0 Å². The maximum absolute atomic E-state index is 13.8. The smallest absolute Gasteiger partial charge is 0.254 e. The summed E-state index contributed by atoms with van der Waals surface area (Å²) in [4.78, 5) is 21.4. The number of methoxy groups -OCH3 is 1. The van der Waals surface area contributed by atoms with Crippen LogP contribution in [0.4, 0.5) is 10.2 Å². The molecular formula is C20H25FN6O2S. The summed E-state index contributed by atoms with van der Waals surface area (Å²) in [6, 6.07) is 5.89. The molecule has 0 aliphatic rings. The highest BCUT2D eigenvalue weighted by molar-refractivity contribution is 7.99. The number of thioether (sulfide) groups is 1. The maximum Gasteiger partial charge on any atom is 0.254 e. The molecule has 30 heavy (non-hydrogen) atoms. The Morgan fingerprint density at radius 2 is 2.07 bits per heavy atom. The van der Waals surface area contributed by atoms with Crippen molar-refractivity contribution in [3.63, 3.8) is 0 Å². The Hall–Kier alpha value is -2.72. The van der Waals surface area contributed by atoms with Gasteiger partial charge in [-0.25, -0.2) is 19.0 Å². The lowest BCUT2D eigenvalue weighted by Gasteiger charge is -2.11. The fourth-order valence-electron chi connectivity index (χ4n) is 2.78. The molecule has 1 aromatic carbocycles. The van der Waals surface area contributed by atoms with Crippen LogP contribution in [0.15, 0.2) is 35.6 Å². The molecule has 8 nitrogen and oxygen atoms in total. The lowest BCUT2D eigenvalue weighted by atomic mass is 10.2. The maximum atomic E-state index is 13.8. The fourth-order valence-corrected chi connectivity index (χ4v) is 3.49. The summed E-state index contributed by atoms with van der Waals surface area (Å²) in [6.07, 6.45) is 1.70. The lowest BCUT2D eigenvalue weighted by molar-refractivity contribution is 0.0948. The largest absolute Gasteiger partial charge is 0.383 e. The molecule has 0 fully saturated rings. The number of nitrogens with one attached hydrogen (secondary N) is 2. The normalized spacial score (nSPS) is 11.2. The van der Waals surface area contributed by atoms with Crippen molar-refractivity contribution in [1.82, 2.24) is 25.1 Å². The van der Waals surface area contributed by atoms with Crippen molar-refractivity contribution in [2.24, 2.45) is 0 Å². The number of amides is 1. The van der Waals surface area contributed by atoms with Crippen molar-refractivity contribution in [2.45, 2.75) is 30.8 Å². The number of hydrogen-bond acceptors (Lipinski definition) is 7. The van der Waals surface area contributed by atoms with Crippen LogP contribution >= 0.6 is 11.8 Å². The molecule has 0 atom stereocenters. The third-order valence-corrected chi connectivity index (χ3v) is 5.01. The number of halogens is 1. The van der Waals surface area contributed by atoms with Crippen molar-refractivity contribution in [3.05, 3.63) is 41.8 Å². The van der Waals surface area contributed by atoms with Gasteiger partial charge in [-0.2, -0.15) is 5.10 Å². The number of carbonyl (C=O) groups excluding carboxylic acids is 1. The summed E-state index contributed by atoms with van der Waals surface area (Å²) < 4.78 is 20.6. The number of carbonyl (C=O) groups is 1. The Morgan fingerprint density at radius 1 is 1.27 bits per heavy atom. The number of nitrogens with zero attached hydrogens (tertiary/aromatic N) is 4. The van der Waals surface area contributed by atoms with Gasteiger partial charge in [-0.3, -0.25) is 4.79 Å². The SMILES string of the molecule is COCCNc1nc(SC(C)C)nc2c1cnn2CCNC(=O)c1ccccc1F. The van der Waals surface area contributed by atoms with E-state index in [1.54, 1.807) is 41.9 Å². The minimum atomic E-state index is -0.547. The van der Waals surface area contributed by atoms with Crippen LogP contribution in [0.25, 0.3) is 11.0 Å². The van der Waals surface area contributed by atoms with Gasteiger partial charge in [0.05, 0.1) is 30.3 Å². The van der Waals surface area contributed by atoms with E-state index in [-0.39, 0.29) is 12.1 Å². The first-order valence-corrected chi connectivity index (χ1v) is 10.5. The van der Waals surface area contributed by atoms with Crippen molar-refractivity contribution in [1.29, 1.82) is 0 Å². The summed E-state index contributed by atoms with van der Waals surface area (Å²) in [5, 5.41) is 12.2. The highest BCUT2D eigenvalue weighted by Crippen LogP contribution is 2.26. The number of fused-ring (bicyclic) bond motifs is 1. The molecule has 0 spiro atoms. The van der Waals surface area contributed by atoms with Gasteiger partial charge >= 0.3 is 0 Å². The summed E-state index contributed by atoms with van der Waals surface area (Å²) in [6.45, 7) is 5.99. The van der Waals surface area contributed by atoms with Crippen LogP contribution in [0, 0.1) is 5.82 Å². The van der Waals surface area contributed by atoms with Crippen LogP contribution in [0.1, 0.15) is 24.2 Å². The van der Waals surface area contributed by atoms with Crippen LogP contribution < -0.4 is 10.6 Å². The number of hydrogen-bond donors (Lipinski definition) is 2. The molecule has 1 amide bonds. The predicted octanol–water partition coefficient (Wildman–Crippen LogP) is 2.95. The molecule has 0 aliphatic carbocycles. The molecule has 0 bridgehead atoms. The van der Waals surface area contributed by atoms with E-state index in [2.05, 4.69) is 39.5 Å². The van der Waals surface area contributed by atoms with E-state index >= 15 is 0 Å². The Morgan fingerprint density at radius 3 is 2.80 bits per heavy atom. The van der Waals surface area contributed by atoms with Crippen LogP contribution in [0.3, 0.4) is 0 Å². The highest BCUT2D eigenvalue weighted by Gasteiger charge is 2.15. The zero-order valence-electron chi connectivity index (χ0n) is 17.2. The van der Waals surface area contributed by atoms with Crippen LogP contribution in [-0.4, -0.2) is 57.7 Å². The Balaban J connectivity index is 1.75. The molecule has 0 aliphatic heterocycles. The zero-order valence-corrected chi connectivity index (χ0v) is 18.0. The quantitative estimate of drug-likeness (QED) is 0.289. The molecule has 0 radical (unpaired) electrons. The Kier molecular flexibility index (Phi) is 7.58.